The molecule has 2 aromatic rings. The number of nitrogens with one attached hydrogen (secondary N) is 1. The monoisotopic (exact) mass is 414 g/mol. The molecule has 1 aliphatic rings. The van der Waals surface area contributed by atoms with E-state index in [4.69, 9.17) is 18.9 Å². The Hall–Kier alpha value is -3.42. The molecule has 0 aromatic heterocycles. The minimum atomic E-state index is -0.226. The number of nitrogens with zero attached hydrogens (tertiary/aromatic N) is 1. The first-order valence-electron chi connectivity index (χ1n) is 9.61. The SMILES string of the molecule is COc1cc(C(=O)N(C)Cc2ccc3c(c2)OCO3)ccc1OCC(=O)NC(C)C. The van der Waals surface area contributed by atoms with E-state index in [-0.39, 0.29) is 31.3 Å². The zero-order valence-electron chi connectivity index (χ0n) is 17.6. The summed E-state index contributed by atoms with van der Waals surface area (Å²) < 4.78 is 21.6. The first-order chi connectivity index (χ1) is 14.4. The van der Waals surface area contributed by atoms with Gasteiger partial charge in [0.2, 0.25) is 6.79 Å². The van der Waals surface area contributed by atoms with Crippen LogP contribution >= 0.6 is 0 Å². The number of hydrogen-bond acceptors (Lipinski definition) is 6. The molecule has 0 atom stereocenters. The van der Waals surface area contributed by atoms with Gasteiger partial charge in [-0.1, -0.05) is 6.07 Å². The highest BCUT2D eigenvalue weighted by atomic mass is 16.7. The molecule has 0 fully saturated rings. The average molecular weight is 414 g/mol. The molecule has 160 valence electrons. The maximum Gasteiger partial charge on any atom is 0.258 e. The van der Waals surface area contributed by atoms with Crippen LogP contribution in [0.15, 0.2) is 36.4 Å². The number of carbonyl (C=O) groups is 2. The van der Waals surface area contributed by atoms with Crippen LogP contribution in [0.2, 0.25) is 0 Å². The fourth-order valence-corrected chi connectivity index (χ4v) is 3.03. The summed E-state index contributed by atoms with van der Waals surface area (Å²) >= 11 is 0. The van der Waals surface area contributed by atoms with Gasteiger partial charge in [0.25, 0.3) is 11.8 Å². The van der Waals surface area contributed by atoms with Crippen molar-refractivity contribution in [1.82, 2.24) is 10.2 Å². The molecule has 0 saturated carbocycles. The van der Waals surface area contributed by atoms with E-state index >= 15 is 0 Å². The van der Waals surface area contributed by atoms with Gasteiger partial charge in [0.15, 0.2) is 29.6 Å². The van der Waals surface area contributed by atoms with E-state index in [1.165, 1.54) is 7.11 Å². The normalized spacial score (nSPS) is 11.9. The van der Waals surface area contributed by atoms with Crippen LogP contribution in [0.5, 0.6) is 23.0 Å². The molecule has 0 radical (unpaired) electrons. The number of rotatable bonds is 8. The van der Waals surface area contributed by atoms with Crippen molar-refractivity contribution >= 4 is 11.8 Å². The lowest BCUT2D eigenvalue weighted by molar-refractivity contribution is -0.123. The van der Waals surface area contributed by atoms with Crippen molar-refractivity contribution in [3.05, 3.63) is 47.5 Å². The Morgan fingerprint density at radius 2 is 1.87 bits per heavy atom. The number of methoxy groups -OCH3 is 1. The Kier molecular flexibility index (Phi) is 6.66. The van der Waals surface area contributed by atoms with Crippen LogP contribution in [0.4, 0.5) is 0 Å². The third-order valence-electron chi connectivity index (χ3n) is 4.42. The predicted octanol–water partition coefficient (Wildman–Crippen LogP) is 2.60. The number of benzene rings is 2. The van der Waals surface area contributed by atoms with Gasteiger partial charge in [-0.15, -0.1) is 0 Å². The Bertz CT molecular complexity index is 928. The van der Waals surface area contributed by atoms with Crippen molar-refractivity contribution in [2.75, 3.05) is 27.6 Å². The summed E-state index contributed by atoms with van der Waals surface area (Å²) in [5.74, 6) is 1.76. The lowest BCUT2D eigenvalue weighted by Gasteiger charge is -2.19. The van der Waals surface area contributed by atoms with E-state index in [1.54, 1.807) is 30.1 Å². The average Bonchev–Trinajstić information content (AvgIpc) is 3.19. The number of amides is 2. The van der Waals surface area contributed by atoms with E-state index < -0.39 is 0 Å². The Morgan fingerprint density at radius 1 is 1.10 bits per heavy atom. The molecule has 0 bridgehead atoms. The number of carbonyl (C=O) groups excluding carboxylic acids is 2. The number of hydrogen-bond donors (Lipinski definition) is 1. The second-order valence-electron chi connectivity index (χ2n) is 7.23. The summed E-state index contributed by atoms with van der Waals surface area (Å²) in [6.45, 7) is 4.23. The molecule has 3 rings (SSSR count). The van der Waals surface area contributed by atoms with Crippen LogP contribution in [-0.4, -0.2) is 50.3 Å². The molecule has 2 amide bonds. The summed E-state index contributed by atoms with van der Waals surface area (Å²) in [4.78, 5) is 26.2. The van der Waals surface area contributed by atoms with Crippen LogP contribution in [-0.2, 0) is 11.3 Å². The molecule has 0 spiro atoms. The molecule has 0 saturated heterocycles. The van der Waals surface area contributed by atoms with Gasteiger partial charge in [-0.25, -0.2) is 0 Å². The van der Waals surface area contributed by atoms with E-state index in [1.807, 2.05) is 32.0 Å². The molecule has 2 aromatic carbocycles. The van der Waals surface area contributed by atoms with E-state index in [0.717, 1.165) is 5.56 Å². The van der Waals surface area contributed by atoms with Crippen LogP contribution in [0.1, 0.15) is 29.8 Å². The Balaban J connectivity index is 1.65. The summed E-state index contributed by atoms with van der Waals surface area (Å²) in [6, 6.07) is 10.5. The molecule has 30 heavy (non-hydrogen) atoms. The summed E-state index contributed by atoms with van der Waals surface area (Å²) in [5.41, 5.74) is 1.38. The molecule has 1 heterocycles. The lowest BCUT2D eigenvalue weighted by atomic mass is 10.1. The van der Waals surface area contributed by atoms with Crippen molar-refractivity contribution in [1.29, 1.82) is 0 Å². The van der Waals surface area contributed by atoms with E-state index in [0.29, 0.717) is 35.1 Å². The lowest BCUT2D eigenvalue weighted by Crippen LogP contribution is -2.34. The van der Waals surface area contributed by atoms with Crippen molar-refractivity contribution in [2.45, 2.75) is 26.4 Å². The third kappa shape index (κ3) is 5.14. The Morgan fingerprint density at radius 3 is 2.60 bits per heavy atom. The smallest absolute Gasteiger partial charge is 0.258 e. The van der Waals surface area contributed by atoms with Crippen LogP contribution in [0.25, 0.3) is 0 Å². The summed E-state index contributed by atoms with van der Waals surface area (Å²) in [7, 11) is 3.21. The van der Waals surface area contributed by atoms with E-state index in [9.17, 15) is 9.59 Å². The van der Waals surface area contributed by atoms with Gasteiger partial charge < -0.3 is 29.2 Å². The van der Waals surface area contributed by atoms with Crippen molar-refractivity contribution in [2.24, 2.45) is 0 Å². The molecule has 1 N–H and O–H groups in total. The molecule has 0 unspecified atom stereocenters. The van der Waals surface area contributed by atoms with Crippen molar-refractivity contribution < 1.29 is 28.5 Å². The highest BCUT2D eigenvalue weighted by Crippen LogP contribution is 2.33. The number of fused-ring (bicyclic) bond motifs is 1. The van der Waals surface area contributed by atoms with Crippen molar-refractivity contribution in [3.63, 3.8) is 0 Å². The number of ether oxygens (including phenoxy) is 4. The van der Waals surface area contributed by atoms with Gasteiger partial charge in [0.05, 0.1) is 7.11 Å². The minimum Gasteiger partial charge on any atom is -0.493 e. The van der Waals surface area contributed by atoms with Gasteiger partial charge in [-0.2, -0.15) is 0 Å². The van der Waals surface area contributed by atoms with Crippen LogP contribution < -0.4 is 24.3 Å². The standard InChI is InChI=1S/C22H26N2O6/c1-14(2)23-21(25)12-28-17-8-6-16(10-19(17)27-4)22(26)24(3)11-15-5-7-18-20(9-15)30-13-29-18/h5-10,14H,11-13H2,1-4H3,(H,23,25). The molecular weight excluding hydrogens is 388 g/mol. The maximum atomic E-state index is 12.9. The molecular formula is C22H26N2O6. The fourth-order valence-electron chi connectivity index (χ4n) is 3.03. The van der Waals surface area contributed by atoms with E-state index in [2.05, 4.69) is 5.32 Å². The summed E-state index contributed by atoms with van der Waals surface area (Å²) in [5, 5.41) is 2.75. The maximum absolute atomic E-state index is 12.9. The van der Waals surface area contributed by atoms with Gasteiger partial charge >= 0.3 is 0 Å². The molecule has 8 heteroatoms. The third-order valence-corrected chi connectivity index (χ3v) is 4.42. The molecule has 8 nitrogen and oxygen atoms in total. The van der Waals surface area contributed by atoms with Crippen molar-refractivity contribution in [3.8, 4) is 23.0 Å². The van der Waals surface area contributed by atoms with Gasteiger partial charge in [0.1, 0.15) is 0 Å². The first-order valence-corrected chi connectivity index (χ1v) is 9.61. The highest BCUT2D eigenvalue weighted by molar-refractivity contribution is 5.94. The van der Waals surface area contributed by atoms with Gasteiger partial charge in [0, 0.05) is 25.2 Å². The second kappa shape index (κ2) is 9.39. The zero-order valence-corrected chi connectivity index (χ0v) is 17.6. The first kappa shape index (κ1) is 21.3. The zero-order chi connectivity index (χ0) is 21.7. The Labute approximate surface area is 175 Å². The molecule has 0 aliphatic carbocycles. The second-order valence-corrected chi connectivity index (χ2v) is 7.23. The predicted molar refractivity (Wildman–Crippen MR) is 110 cm³/mol. The van der Waals surface area contributed by atoms with Gasteiger partial charge in [-0.05, 0) is 49.7 Å². The van der Waals surface area contributed by atoms with Crippen LogP contribution in [0.3, 0.4) is 0 Å². The minimum absolute atomic E-state index is 0.0308. The quantitative estimate of drug-likeness (QED) is 0.715. The topological polar surface area (TPSA) is 86.3 Å². The highest BCUT2D eigenvalue weighted by Gasteiger charge is 2.18. The molecule has 1 aliphatic heterocycles. The summed E-state index contributed by atoms with van der Waals surface area (Å²) in [6.07, 6.45) is 0. The fraction of sp³-hybridized carbons (Fsp3) is 0.364. The van der Waals surface area contributed by atoms with Crippen LogP contribution in [0, 0.1) is 0 Å². The largest absolute Gasteiger partial charge is 0.493 e. The van der Waals surface area contributed by atoms with Gasteiger partial charge in [-0.3, -0.25) is 9.59 Å².